The van der Waals surface area contributed by atoms with Gasteiger partial charge in [-0.3, -0.25) is 23.3 Å². The molecule has 0 saturated heterocycles. The summed E-state index contributed by atoms with van der Waals surface area (Å²) >= 11 is 16.7. The van der Waals surface area contributed by atoms with Gasteiger partial charge in [0, 0.05) is 49.6 Å². The third-order valence-electron chi connectivity index (χ3n) is 6.39. The van der Waals surface area contributed by atoms with Crippen LogP contribution in [0.5, 0.6) is 5.75 Å². The lowest BCUT2D eigenvalue weighted by Gasteiger charge is -2.21. The molecule has 12 nitrogen and oxygen atoms in total. The Bertz CT molecular complexity index is 1920. The first-order chi connectivity index (χ1) is 22.0. The Morgan fingerprint density at radius 3 is 2.34 bits per heavy atom. The molecule has 0 bridgehead atoms. The van der Waals surface area contributed by atoms with Crippen LogP contribution >= 0.6 is 39.1 Å². The maximum Gasteiger partial charge on any atom is 0.261 e. The Labute approximate surface area is 290 Å². The van der Waals surface area contributed by atoms with E-state index in [4.69, 9.17) is 32.5 Å². The van der Waals surface area contributed by atoms with Crippen molar-refractivity contribution in [3.05, 3.63) is 97.8 Å². The minimum atomic E-state index is -3.67. The van der Waals surface area contributed by atoms with Crippen LogP contribution < -0.4 is 15.0 Å². The molecule has 0 unspecified atom stereocenters. The standard InChI is InChI=1S/C30H28BrCl2N5O4.CH4O3S/c1-18-28(31)38-15-5-6-24(29(38)35-18)42-17-21-22(32)12-13-23(27(21)33)37(4)26(40)16-34-25(39)14-9-19-7-10-20(11-8-19)30(41)36(2)3;1-5(2,3)4/h5-15H,16-17H2,1-4H3,(H,34,39);1H3,(H,2,3,4)/b14-9+;. The van der Waals surface area contributed by atoms with Crippen LogP contribution in [0.1, 0.15) is 27.2 Å². The van der Waals surface area contributed by atoms with Crippen LogP contribution in [0.4, 0.5) is 5.69 Å². The smallest absolute Gasteiger partial charge is 0.261 e. The first-order valence-electron chi connectivity index (χ1n) is 13.7. The van der Waals surface area contributed by atoms with E-state index in [1.807, 2.05) is 23.6 Å². The predicted octanol–water partition coefficient (Wildman–Crippen LogP) is 5.29. The Morgan fingerprint density at radius 1 is 1.09 bits per heavy atom. The van der Waals surface area contributed by atoms with Crippen molar-refractivity contribution in [3.63, 3.8) is 0 Å². The molecule has 2 N–H and O–H groups in total. The average Bonchev–Trinajstić information content (AvgIpc) is 3.30. The van der Waals surface area contributed by atoms with Gasteiger partial charge in [-0.05, 0) is 70.9 Å². The third-order valence-corrected chi connectivity index (χ3v) is 8.12. The van der Waals surface area contributed by atoms with Crippen molar-refractivity contribution in [1.29, 1.82) is 0 Å². The van der Waals surface area contributed by atoms with E-state index in [0.29, 0.717) is 39.5 Å². The molecule has 250 valence electrons. The molecule has 2 heterocycles. The Balaban J connectivity index is 0.00000111. The minimum Gasteiger partial charge on any atom is -0.485 e. The topological polar surface area (TPSA) is 151 Å². The van der Waals surface area contributed by atoms with E-state index in [1.165, 1.54) is 15.9 Å². The second-order valence-corrected chi connectivity index (χ2v) is 13.3. The van der Waals surface area contributed by atoms with E-state index in [1.54, 1.807) is 69.7 Å². The van der Waals surface area contributed by atoms with Gasteiger partial charge in [0.2, 0.25) is 11.8 Å². The molecular weight excluding hydrogens is 737 g/mol. The second kappa shape index (κ2) is 16.2. The van der Waals surface area contributed by atoms with Crippen LogP contribution in [0.3, 0.4) is 0 Å². The SMILES string of the molecule is CS(=O)(=O)O.Cc1nc2c(OCc3c(Cl)ccc(N(C)C(=O)CNC(=O)/C=C/c4ccc(C(=O)N(C)C)cc4)c3Cl)cccn2c1Br. The number of ether oxygens (including phenoxy) is 1. The van der Waals surface area contributed by atoms with Gasteiger partial charge in [-0.15, -0.1) is 0 Å². The van der Waals surface area contributed by atoms with Crippen LogP contribution in [0.25, 0.3) is 11.7 Å². The maximum atomic E-state index is 12.9. The van der Waals surface area contributed by atoms with Crippen LogP contribution in [-0.2, 0) is 26.3 Å². The fourth-order valence-corrected chi connectivity index (χ4v) is 4.99. The van der Waals surface area contributed by atoms with Crippen LogP contribution in [0, 0.1) is 6.92 Å². The largest absolute Gasteiger partial charge is 0.485 e. The van der Waals surface area contributed by atoms with Gasteiger partial charge in [0.1, 0.15) is 11.2 Å². The summed E-state index contributed by atoms with van der Waals surface area (Å²) in [4.78, 5) is 44.6. The molecule has 0 saturated carbocycles. The number of hydrogen-bond donors (Lipinski definition) is 2. The first kappa shape index (κ1) is 37.5. The number of carbonyl (C=O) groups is 3. The van der Waals surface area contributed by atoms with Gasteiger partial charge in [-0.25, -0.2) is 4.98 Å². The molecule has 4 aromatic rings. The van der Waals surface area contributed by atoms with Crippen molar-refractivity contribution in [1.82, 2.24) is 19.6 Å². The number of carbonyl (C=O) groups excluding carboxylic acids is 3. The van der Waals surface area contributed by atoms with Gasteiger partial charge < -0.3 is 19.9 Å². The van der Waals surface area contributed by atoms with Crippen molar-refractivity contribution in [2.75, 3.05) is 38.8 Å². The van der Waals surface area contributed by atoms with Gasteiger partial charge in [0.15, 0.2) is 11.4 Å². The molecule has 0 spiro atoms. The molecule has 0 aliphatic carbocycles. The van der Waals surface area contributed by atoms with Gasteiger partial charge >= 0.3 is 0 Å². The number of aromatic nitrogens is 2. The summed E-state index contributed by atoms with van der Waals surface area (Å²) in [5.74, 6) is -0.401. The summed E-state index contributed by atoms with van der Waals surface area (Å²) in [5, 5.41) is 3.22. The number of anilines is 1. The quantitative estimate of drug-likeness (QED) is 0.172. The summed E-state index contributed by atoms with van der Waals surface area (Å²) in [7, 11) is 1.25. The zero-order valence-electron chi connectivity index (χ0n) is 26.0. The molecule has 0 aliphatic rings. The zero-order chi connectivity index (χ0) is 35.1. The fraction of sp³-hybridized carbons (Fsp3) is 0.226. The molecule has 2 aromatic carbocycles. The monoisotopic (exact) mass is 767 g/mol. The van der Waals surface area contributed by atoms with Gasteiger partial charge in [0.25, 0.3) is 16.0 Å². The summed E-state index contributed by atoms with van der Waals surface area (Å²) in [6, 6.07) is 13.8. The van der Waals surface area contributed by atoms with Crippen LogP contribution in [0.15, 0.2) is 65.4 Å². The Kier molecular flexibility index (Phi) is 13.0. The zero-order valence-corrected chi connectivity index (χ0v) is 29.9. The lowest BCUT2D eigenvalue weighted by Crippen LogP contribution is -2.37. The van der Waals surface area contributed by atoms with Crippen molar-refractivity contribution in [2.24, 2.45) is 0 Å². The highest BCUT2D eigenvalue weighted by molar-refractivity contribution is 9.10. The summed E-state index contributed by atoms with van der Waals surface area (Å²) < 4.78 is 34.6. The normalized spacial score (nSPS) is 11.2. The van der Waals surface area contributed by atoms with E-state index in [-0.39, 0.29) is 30.0 Å². The number of hydrogen-bond acceptors (Lipinski definition) is 7. The van der Waals surface area contributed by atoms with E-state index in [0.717, 1.165) is 15.9 Å². The predicted molar refractivity (Wildman–Crippen MR) is 186 cm³/mol. The number of benzene rings is 2. The molecule has 4 rings (SSSR count). The number of nitrogens with one attached hydrogen (secondary N) is 1. The minimum absolute atomic E-state index is 0.0442. The number of halogens is 3. The Hall–Kier alpha value is -3.95. The van der Waals surface area contributed by atoms with Crippen LogP contribution in [0.2, 0.25) is 10.0 Å². The van der Waals surface area contributed by atoms with Crippen molar-refractivity contribution >= 4 is 84.4 Å². The van der Waals surface area contributed by atoms with E-state index in [9.17, 15) is 22.8 Å². The second-order valence-electron chi connectivity index (χ2n) is 10.3. The maximum absolute atomic E-state index is 12.9. The highest BCUT2D eigenvalue weighted by Gasteiger charge is 2.20. The molecule has 16 heteroatoms. The number of pyridine rings is 1. The number of amides is 3. The highest BCUT2D eigenvalue weighted by Crippen LogP contribution is 2.35. The summed E-state index contributed by atoms with van der Waals surface area (Å²) in [6.45, 7) is 1.68. The fourth-order valence-electron chi connectivity index (χ4n) is 4.01. The lowest BCUT2D eigenvalue weighted by molar-refractivity contribution is -0.122. The Morgan fingerprint density at radius 2 is 1.72 bits per heavy atom. The molecule has 0 fully saturated rings. The molecule has 0 atom stereocenters. The van der Waals surface area contributed by atoms with Crippen molar-refractivity contribution < 1.29 is 32.1 Å². The van der Waals surface area contributed by atoms with Gasteiger partial charge in [-0.1, -0.05) is 35.3 Å². The summed E-state index contributed by atoms with van der Waals surface area (Å²) in [5.41, 5.74) is 3.66. The van der Waals surface area contributed by atoms with Gasteiger partial charge in [0.05, 0.1) is 29.2 Å². The summed E-state index contributed by atoms with van der Waals surface area (Å²) in [6.07, 6.45) is 5.50. The van der Waals surface area contributed by atoms with E-state index >= 15 is 0 Å². The van der Waals surface area contributed by atoms with Gasteiger partial charge in [-0.2, -0.15) is 8.42 Å². The average molecular weight is 770 g/mol. The lowest BCUT2D eigenvalue weighted by atomic mass is 10.1. The number of likely N-dealkylation sites (N-methyl/N-ethyl adjacent to an activating group) is 1. The molecular formula is C31H32BrCl2N5O7S. The molecule has 47 heavy (non-hydrogen) atoms. The highest BCUT2D eigenvalue weighted by atomic mass is 79.9. The van der Waals surface area contributed by atoms with Crippen LogP contribution in [-0.4, -0.2) is 78.9 Å². The number of rotatable bonds is 9. The van der Waals surface area contributed by atoms with E-state index < -0.39 is 16.0 Å². The van der Waals surface area contributed by atoms with Crippen molar-refractivity contribution in [3.8, 4) is 5.75 Å². The van der Waals surface area contributed by atoms with Crippen molar-refractivity contribution in [2.45, 2.75) is 13.5 Å². The molecule has 2 aromatic heterocycles. The number of aryl methyl sites for hydroxylation is 1. The number of imidazole rings is 1. The molecule has 0 radical (unpaired) electrons. The first-order valence-corrected chi connectivity index (χ1v) is 17.1. The molecule has 3 amide bonds. The van der Waals surface area contributed by atoms with E-state index in [2.05, 4.69) is 26.2 Å². The number of fused-ring (bicyclic) bond motifs is 1. The number of nitrogens with zero attached hydrogens (tertiary/aromatic N) is 4. The third kappa shape index (κ3) is 10.5. The molecule has 0 aliphatic heterocycles.